The Hall–Kier alpha value is -0.870. The van der Waals surface area contributed by atoms with Crippen molar-refractivity contribution >= 4 is 10.0 Å². The zero-order chi connectivity index (χ0) is 16.4. The molecule has 0 amide bonds. The fraction of sp³-hybridized carbons (Fsp3) is 0.684. The van der Waals surface area contributed by atoms with E-state index < -0.39 is 15.3 Å². The Morgan fingerprint density at radius 3 is 2.57 bits per heavy atom. The highest BCUT2D eigenvalue weighted by Crippen LogP contribution is 2.44. The Kier molecular flexibility index (Phi) is 5.12. The van der Waals surface area contributed by atoms with Crippen molar-refractivity contribution < 1.29 is 8.42 Å². The van der Waals surface area contributed by atoms with Gasteiger partial charge in [0.15, 0.2) is 0 Å². The van der Waals surface area contributed by atoms with E-state index in [0.29, 0.717) is 5.92 Å². The van der Waals surface area contributed by atoms with Crippen LogP contribution in [-0.4, -0.2) is 14.5 Å². The lowest BCUT2D eigenvalue weighted by molar-refractivity contribution is 0.109. The summed E-state index contributed by atoms with van der Waals surface area (Å²) in [6.45, 7) is 4.06. The molecule has 5 atom stereocenters. The average Bonchev–Trinajstić information content (AvgIpc) is 2.57. The van der Waals surface area contributed by atoms with Crippen LogP contribution in [0.25, 0.3) is 0 Å². The van der Waals surface area contributed by atoms with Gasteiger partial charge in [-0.2, -0.15) is 0 Å². The SMILES string of the molecule is CCC1CC2CCC(NS(=O)(=O)[C@@H](C)c3ccccc3)C(C1)C2. The van der Waals surface area contributed by atoms with E-state index in [9.17, 15) is 8.42 Å². The van der Waals surface area contributed by atoms with Gasteiger partial charge in [0.25, 0.3) is 0 Å². The van der Waals surface area contributed by atoms with Gasteiger partial charge in [0, 0.05) is 6.04 Å². The number of hydrogen-bond donors (Lipinski definition) is 1. The summed E-state index contributed by atoms with van der Waals surface area (Å²) in [6.07, 6.45) is 7.18. The highest BCUT2D eigenvalue weighted by molar-refractivity contribution is 7.89. The van der Waals surface area contributed by atoms with Crippen LogP contribution in [-0.2, 0) is 10.0 Å². The maximum absolute atomic E-state index is 12.8. The van der Waals surface area contributed by atoms with Crippen LogP contribution >= 0.6 is 0 Å². The first-order chi connectivity index (χ1) is 11.0. The molecule has 0 saturated heterocycles. The van der Waals surface area contributed by atoms with Crippen LogP contribution in [0.15, 0.2) is 30.3 Å². The van der Waals surface area contributed by atoms with Crippen molar-refractivity contribution in [2.24, 2.45) is 17.8 Å². The van der Waals surface area contributed by atoms with E-state index in [-0.39, 0.29) is 6.04 Å². The molecule has 0 aromatic heterocycles. The van der Waals surface area contributed by atoms with E-state index in [4.69, 9.17) is 0 Å². The van der Waals surface area contributed by atoms with Crippen LogP contribution in [0.4, 0.5) is 0 Å². The summed E-state index contributed by atoms with van der Waals surface area (Å²) in [6, 6.07) is 9.66. The first-order valence-electron chi connectivity index (χ1n) is 9.05. The molecule has 128 valence electrons. The van der Waals surface area contributed by atoms with E-state index in [0.717, 1.165) is 23.8 Å². The fourth-order valence-corrected chi connectivity index (χ4v) is 5.99. The van der Waals surface area contributed by atoms with Crippen LogP contribution in [0.5, 0.6) is 0 Å². The number of rotatable bonds is 5. The monoisotopic (exact) mass is 335 g/mol. The predicted molar refractivity (Wildman–Crippen MR) is 94.5 cm³/mol. The highest BCUT2D eigenvalue weighted by Gasteiger charge is 2.39. The molecule has 3 nitrogen and oxygen atoms in total. The summed E-state index contributed by atoms with van der Waals surface area (Å²) in [7, 11) is -3.32. The quantitative estimate of drug-likeness (QED) is 0.873. The Balaban J connectivity index is 1.70. The third-order valence-corrected chi connectivity index (χ3v) is 7.86. The molecule has 2 fully saturated rings. The average molecular weight is 336 g/mol. The summed E-state index contributed by atoms with van der Waals surface area (Å²) >= 11 is 0. The van der Waals surface area contributed by atoms with Crippen LogP contribution in [0.3, 0.4) is 0 Å². The number of benzene rings is 1. The van der Waals surface area contributed by atoms with Crippen molar-refractivity contribution in [2.75, 3.05) is 0 Å². The Labute approximate surface area is 140 Å². The minimum absolute atomic E-state index is 0.136. The fourth-order valence-electron chi connectivity index (χ4n) is 4.54. The van der Waals surface area contributed by atoms with Crippen molar-refractivity contribution in [3.63, 3.8) is 0 Å². The summed E-state index contributed by atoms with van der Waals surface area (Å²) < 4.78 is 28.7. The van der Waals surface area contributed by atoms with Gasteiger partial charge in [0.05, 0.1) is 5.25 Å². The second-order valence-corrected chi connectivity index (χ2v) is 9.54. The Morgan fingerprint density at radius 2 is 1.87 bits per heavy atom. The zero-order valence-electron chi connectivity index (χ0n) is 14.2. The zero-order valence-corrected chi connectivity index (χ0v) is 15.1. The number of nitrogens with one attached hydrogen (secondary N) is 1. The first-order valence-corrected chi connectivity index (χ1v) is 10.6. The van der Waals surface area contributed by atoms with Gasteiger partial charge in [-0.3, -0.25) is 0 Å². The molecule has 2 bridgehead atoms. The third-order valence-electron chi connectivity index (χ3n) is 6.02. The van der Waals surface area contributed by atoms with Crippen molar-refractivity contribution in [3.05, 3.63) is 35.9 Å². The van der Waals surface area contributed by atoms with Gasteiger partial charge in [0.2, 0.25) is 10.0 Å². The number of hydrogen-bond acceptors (Lipinski definition) is 2. The minimum Gasteiger partial charge on any atom is -0.212 e. The maximum Gasteiger partial charge on any atom is 0.218 e. The predicted octanol–water partition coefficient (Wildman–Crippen LogP) is 4.27. The molecule has 1 aromatic rings. The molecule has 0 spiro atoms. The van der Waals surface area contributed by atoms with Gasteiger partial charge in [-0.05, 0) is 62.3 Å². The Bertz CT molecular complexity index is 614. The Morgan fingerprint density at radius 1 is 1.13 bits per heavy atom. The van der Waals surface area contributed by atoms with Gasteiger partial charge in [-0.25, -0.2) is 13.1 Å². The normalized spacial score (nSPS) is 32.4. The molecule has 2 saturated carbocycles. The van der Waals surface area contributed by atoms with Crippen molar-refractivity contribution in [2.45, 2.75) is 63.7 Å². The van der Waals surface area contributed by atoms with Crippen LogP contribution in [0.1, 0.15) is 63.2 Å². The largest absolute Gasteiger partial charge is 0.218 e. The van der Waals surface area contributed by atoms with Crippen molar-refractivity contribution in [3.8, 4) is 0 Å². The van der Waals surface area contributed by atoms with Crippen LogP contribution in [0, 0.1) is 17.8 Å². The molecule has 0 heterocycles. The third kappa shape index (κ3) is 3.80. The van der Waals surface area contributed by atoms with E-state index in [1.165, 1.54) is 32.1 Å². The van der Waals surface area contributed by atoms with Gasteiger partial charge in [0.1, 0.15) is 0 Å². The standard InChI is InChI=1S/C19H29NO2S/c1-3-15-11-16-9-10-19(18(12-15)13-16)20-23(21,22)14(2)17-7-5-4-6-8-17/h4-8,14-16,18-20H,3,9-13H2,1-2H3/t14-,15?,16?,18?,19?/m0/s1. The van der Waals surface area contributed by atoms with Gasteiger partial charge < -0.3 is 0 Å². The summed E-state index contributed by atoms with van der Waals surface area (Å²) in [5, 5.41) is -0.494. The van der Waals surface area contributed by atoms with Gasteiger partial charge in [-0.15, -0.1) is 0 Å². The van der Waals surface area contributed by atoms with Gasteiger partial charge >= 0.3 is 0 Å². The topological polar surface area (TPSA) is 46.2 Å². The summed E-state index contributed by atoms with van der Waals surface area (Å²) in [4.78, 5) is 0. The molecular weight excluding hydrogens is 306 g/mol. The summed E-state index contributed by atoms with van der Waals surface area (Å²) in [5.41, 5.74) is 0.865. The van der Waals surface area contributed by atoms with E-state index in [1.54, 1.807) is 6.92 Å². The second-order valence-electron chi connectivity index (χ2n) is 7.51. The summed E-state index contributed by atoms with van der Waals surface area (Å²) in [5.74, 6) is 2.15. The second kappa shape index (κ2) is 6.94. The smallest absolute Gasteiger partial charge is 0.212 e. The first kappa shape index (κ1) is 17.0. The maximum atomic E-state index is 12.8. The molecule has 0 radical (unpaired) electrons. The molecule has 4 heteroatoms. The van der Waals surface area contributed by atoms with E-state index >= 15 is 0 Å². The molecule has 3 rings (SSSR count). The lowest BCUT2D eigenvalue weighted by Gasteiger charge is -2.43. The molecule has 2 aliphatic rings. The molecule has 4 unspecified atom stereocenters. The molecule has 23 heavy (non-hydrogen) atoms. The minimum atomic E-state index is -3.32. The molecule has 2 aliphatic carbocycles. The van der Waals surface area contributed by atoms with E-state index in [2.05, 4.69) is 11.6 Å². The number of fused-ring (bicyclic) bond motifs is 2. The molecule has 0 aliphatic heterocycles. The molecule has 1 N–H and O–H groups in total. The van der Waals surface area contributed by atoms with Crippen molar-refractivity contribution in [1.29, 1.82) is 0 Å². The van der Waals surface area contributed by atoms with Crippen LogP contribution < -0.4 is 4.72 Å². The lowest BCUT2D eigenvalue weighted by Crippen LogP contribution is -2.47. The van der Waals surface area contributed by atoms with Crippen molar-refractivity contribution in [1.82, 2.24) is 4.72 Å². The molecule has 1 aromatic carbocycles. The number of sulfonamides is 1. The van der Waals surface area contributed by atoms with E-state index in [1.807, 2.05) is 30.3 Å². The van der Waals surface area contributed by atoms with Gasteiger partial charge in [-0.1, -0.05) is 43.7 Å². The highest BCUT2D eigenvalue weighted by atomic mass is 32.2. The lowest BCUT2D eigenvalue weighted by atomic mass is 9.65. The molecular formula is C19H29NO2S. The van der Waals surface area contributed by atoms with Crippen LogP contribution in [0.2, 0.25) is 0 Å².